The van der Waals surface area contributed by atoms with Gasteiger partial charge in [-0.3, -0.25) is 4.79 Å². The Morgan fingerprint density at radius 2 is 1.81 bits per heavy atom. The van der Waals surface area contributed by atoms with Gasteiger partial charge in [0.25, 0.3) is 0 Å². The fourth-order valence-electron chi connectivity index (χ4n) is 3.97. The lowest BCUT2D eigenvalue weighted by atomic mass is 10.0. The molecule has 5 aromatic rings. The minimum atomic E-state index is 0.110. The number of hydrogen-bond donors (Lipinski definition) is 1. The Hall–Kier alpha value is -3.86. The highest BCUT2D eigenvalue weighted by atomic mass is 16.1. The minimum absolute atomic E-state index is 0.110. The van der Waals surface area contributed by atoms with Gasteiger partial charge in [0.1, 0.15) is 5.82 Å². The highest BCUT2D eigenvalue weighted by molar-refractivity contribution is 5.98. The van der Waals surface area contributed by atoms with Crippen LogP contribution in [0.2, 0.25) is 0 Å². The van der Waals surface area contributed by atoms with Crippen LogP contribution >= 0.6 is 0 Å². The lowest BCUT2D eigenvalue weighted by Gasteiger charge is -2.12. The van der Waals surface area contributed by atoms with Crippen molar-refractivity contribution in [3.05, 3.63) is 84.1 Å². The second-order valence-corrected chi connectivity index (χ2v) is 8.18. The number of hydrogen-bond acceptors (Lipinski definition) is 3. The number of benzene rings is 3. The zero-order valence-electron chi connectivity index (χ0n) is 17.9. The van der Waals surface area contributed by atoms with Gasteiger partial charge in [0, 0.05) is 61.5 Å². The first-order valence-corrected chi connectivity index (χ1v) is 10.3. The topological polar surface area (TPSA) is 53.9 Å². The van der Waals surface area contributed by atoms with Crippen LogP contribution in [-0.4, -0.2) is 34.4 Å². The van der Waals surface area contributed by atoms with Crippen molar-refractivity contribution in [1.29, 1.82) is 0 Å². The fraction of sp³-hybridized carbons (Fsp3) is 0.154. The first-order valence-electron chi connectivity index (χ1n) is 10.3. The molecule has 3 aromatic carbocycles. The monoisotopic (exact) mass is 408 g/mol. The van der Waals surface area contributed by atoms with Crippen LogP contribution in [0.3, 0.4) is 0 Å². The number of carbonyl (C=O) groups is 1. The third-order valence-electron chi connectivity index (χ3n) is 5.78. The lowest BCUT2D eigenvalue weighted by Crippen LogP contribution is -2.09. The maximum atomic E-state index is 12.7. The highest BCUT2D eigenvalue weighted by Crippen LogP contribution is 2.26. The molecule has 0 aliphatic heterocycles. The van der Waals surface area contributed by atoms with E-state index in [1.165, 1.54) is 10.9 Å². The maximum absolute atomic E-state index is 12.7. The molecule has 0 bridgehead atoms. The van der Waals surface area contributed by atoms with E-state index in [0.717, 1.165) is 39.2 Å². The summed E-state index contributed by atoms with van der Waals surface area (Å²) >= 11 is 0. The number of nitrogens with zero attached hydrogens (tertiary/aromatic N) is 3. The number of aromatic amines is 1. The molecule has 0 aliphatic rings. The SMILES string of the molecule is CN(C)c1ccc(C(=O)Cc2ccc3nc(-c4ccc5c(ccn5C)c4)[nH]c3c2)cc1. The van der Waals surface area contributed by atoms with Crippen LogP contribution in [0, 0.1) is 0 Å². The Labute approximate surface area is 181 Å². The predicted molar refractivity (Wildman–Crippen MR) is 127 cm³/mol. The Balaban J connectivity index is 1.40. The number of rotatable bonds is 5. The highest BCUT2D eigenvalue weighted by Gasteiger charge is 2.11. The van der Waals surface area contributed by atoms with Crippen LogP contribution in [-0.2, 0) is 13.5 Å². The molecule has 0 spiro atoms. The summed E-state index contributed by atoms with van der Waals surface area (Å²) in [4.78, 5) is 22.9. The summed E-state index contributed by atoms with van der Waals surface area (Å²) in [6.45, 7) is 0. The van der Waals surface area contributed by atoms with E-state index in [-0.39, 0.29) is 5.78 Å². The summed E-state index contributed by atoms with van der Waals surface area (Å²) in [6.07, 6.45) is 2.42. The van der Waals surface area contributed by atoms with Gasteiger partial charge in [0.15, 0.2) is 5.78 Å². The fourth-order valence-corrected chi connectivity index (χ4v) is 3.97. The first-order chi connectivity index (χ1) is 15.0. The van der Waals surface area contributed by atoms with Crippen molar-refractivity contribution in [3.8, 4) is 11.4 Å². The number of nitrogens with one attached hydrogen (secondary N) is 1. The molecule has 0 aliphatic carbocycles. The van der Waals surface area contributed by atoms with Crippen molar-refractivity contribution in [2.45, 2.75) is 6.42 Å². The summed E-state index contributed by atoms with van der Waals surface area (Å²) in [5, 5.41) is 1.19. The number of aryl methyl sites for hydroxylation is 1. The Bertz CT molecular complexity index is 1410. The molecule has 2 aromatic heterocycles. The van der Waals surface area contributed by atoms with Gasteiger partial charge in [-0.2, -0.15) is 0 Å². The van der Waals surface area contributed by atoms with E-state index in [1.54, 1.807) is 0 Å². The molecule has 0 amide bonds. The standard InChI is InChI=1S/C26H24N4O/c1-29(2)21-8-5-18(6-9-21)25(31)15-17-4-10-22-23(14-17)28-26(27-22)20-7-11-24-19(16-20)12-13-30(24)3/h4-14,16H,15H2,1-3H3,(H,27,28). The summed E-state index contributed by atoms with van der Waals surface area (Å²) in [5.41, 5.74) is 6.87. The number of carbonyl (C=O) groups excluding carboxylic acids is 1. The van der Waals surface area contributed by atoms with E-state index in [9.17, 15) is 4.79 Å². The zero-order chi connectivity index (χ0) is 21.5. The van der Waals surface area contributed by atoms with Gasteiger partial charge in [0.2, 0.25) is 0 Å². The molecule has 1 N–H and O–H groups in total. The van der Waals surface area contributed by atoms with Crippen molar-refractivity contribution in [2.24, 2.45) is 7.05 Å². The molecule has 154 valence electrons. The number of ketones is 1. The van der Waals surface area contributed by atoms with E-state index in [4.69, 9.17) is 4.98 Å². The molecule has 0 saturated carbocycles. The van der Waals surface area contributed by atoms with E-state index in [0.29, 0.717) is 6.42 Å². The average molecular weight is 409 g/mol. The summed E-state index contributed by atoms with van der Waals surface area (Å²) < 4.78 is 2.11. The molecule has 0 unspecified atom stereocenters. The third kappa shape index (κ3) is 3.59. The number of Topliss-reactive ketones (excluding diaryl/α,β-unsaturated/α-hetero) is 1. The third-order valence-corrected chi connectivity index (χ3v) is 5.78. The molecule has 0 radical (unpaired) electrons. The van der Waals surface area contributed by atoms with Gasteiger partial charge in [-0.25, -0.2) is 4.98 Å². The molecule has 31 heavy (non-hydrogen) atoms. The molecule has 5 rings (SSSR count). The van der Waals surface area contributed by atoms with Crippen LogP contribution in [0.5, 0.6) is 0 Å². The van der Waals surface area contributed by atoms with Crippen LogP contribution in [0.1, 0.15) is 15.9 Å². The summed E-state index contributed by atoms with van der Waals surface area (Å²) in [6, 6.07) is 22.2. The normalized spacial score (nSPS) is 11.3. The molecule has 5 nitrogen and oxygen atoms in total. The van der Waals surface area contributed by atoms with E-state index in [2.05, 4.69) is 40.0 Å². The quantitative estimate of drug-likeness (QED) is 0.406. The van der Waals surface area contributed by atoms with Crippen molar-refractivity contribution in [1.82, 2.24) is 14.5 Å². The van der Waals surface area contributed by atoms with Crippen LogP contribution in [0.4, 0.5) is 5.69 Å². The summed E-state index contributed by atoms with van der Waals surface area (Å²) in [7, 11) is 6.02. The van der Waals surface area contributed by atoms with Crippen LogP contribution in [0.15, 0.2) is 72.9 Å². The van der Waals surface area contributed by atoms with E-state index in [1.807, 2.05) is 68.5 Å². The van der Waals surface area contributed by atoms with Crippen molar-refractivity contribution < 1.29 is 4.79 Å². The lowest BCUT2D eigenvalue weighted by molar-refractivity contribution is 0.0993. The molecular formula is C26H24N4O. The van der Waals surface area contributed by atoms with Gasteiger partial charge in [-0.15, -0.1) is 0 Å². The summed E-state index contributed by atoms with van der Waals surface area (Å²) in [5.74, 6) is 0.947. The molecule has 0 atom stereocenters. The second kappa shape index (κ2) is 7.43. The molecular weight excluding hydrogens is 384 g/mol. The molecule has 2 heterocycles. The van der Waals surface area contributed by atoms with Crippen LogP contribution < -0.4 is 4.90 Å². The van der Waals surface area contributed by atoms with Gasteiger partial charge in [-0.05, 0) is 66.2 Å². The van der Waals surface area contributed by atoms with Crippen molar-refractivity contribution in [3.63, 3.8) is 0 Å². The minimum Gasteiger partial charge on any atom is -0.378 e. The average Bonchev–Trinajstić information content (AvgIpc) is 3.36. The Morgan fingerprint density at radius 1 is 1.00 bits per heavy atom. The largest absolute Gasteiger partial charge is 0.378 e. The predicted octanol–water partition coefficient (Wildman–Crippen LogP) is 5.21. The first kappa shape index (κ1) is 19.1. The number of imidazole rings is 1. The number of aromatic nitrogens is 3. The molecule has 0 fully saturated rings. The van der Waals surface area contributed by atoms with Crippen LogP contribution in [0.25, 0.3) is 33.3 Å². The Morgan fingerprint density at radius 3 is 2.58 bits per heavy atom. The van der Waals surface area contributed by atoms with Gasteiger partial charge >= 0.3 is 0 Å². The Kier molecular flexibility index (Phi) is 4.59. The van der Waals surface area contributed by atoms with Gasteiger partial charge in [-0.1, -0.05) is 6.07 Å². The van der Waals surface area contributed by atoms with E-state index >= 15 is 0 Å². The van der Waals surface area contributed by atoms with Gasteiger partial charge < -0.3 is 14.5 Å². The molecule has 0 saturated heterocycles. The van der Waals surface area contributed by atoms with E-state index < -0.39 is 0 Å². The van der Waals surface area contributed by atoms with Crippen molar-refractivity contribution in [2.75, 3.05) is 19.0 Å². The maximum Gasteiger partial charge on any atom is 0.167 e. The smallest absolute Gasteiger partial charge is 0.167 e. The van der Waals surface area contributed by atoms with Gasteiger partial charge in [0.05, 0.1) is 11.0 Å². The number of H-pyrrole nitrogens is 1. The number of fused-ring (bicyclic) bond motifs is 2. The zero-order valence-corrected chi connectivity index (χ0v) is 17.9. The second-order valence-electron chi connectivity index (χ2n) is 8.18. The van der Waals surface area contributed by atoms with Crippen molar-refractivity contribution >= 4 is 33.4 Å². The number of anilines is 1. The molecule has 5 heteroatoms.